The van der Waals surface area contributed by atoms with Gasteiger partial charge in [0.2, 0.25) is 0 Å². The van der Waals surface area contributed by atoms with Gasteiger partial charge in [-0.15, -0.1) is 0 Å². The minimum atomic E-state index is -1.83. The van der Waals surface area contributed by atoms with Crippen molar-refractivity contribution in [2.24, 2.45) is 5.92 Å². The van der Waals surface area contributed by atoms with E-state index in [1.54, 1.807) is 13.8 Å². The Bertz CT molecular complexity index is 179. The Morgan fingerprint density at radius 2 is 2.27 bits per heavy atom. The lowest BCUT2D eigenvalue weighted by atomic mass is 10.4. The first-order valence-electron chi connectivity index (χ1n) is 3.52. The Hall–Kier alpha value is -0.310. The van der Waals surface area contributed by atoms with E-state index in [-0.39, 0.29) is 12.5 Å². The molecule has 1 fully saturated rings. The van der Waals surface area contributed by atoms with Crippen LogP contribution in [0.5, 0.6) is 0 Å². The van der Waals surface area contributed by atoms with E-state index in [9.17, 15) is 9.18 Å². The molecule has 0 aliphatic heterocycles. The molecule has 2 atom stereocenters. The van der Waals surface area contributed by atoms with Gasteiger partial charge in [-0.2, -0.15) is 0 Å². The summed E-state index contributed by atoms with van der Waals surface area (Å²) in [6.07, 6.45) is -0.115. The number of carbonyl (C=O) groups is 1. The number of halogens is 2. The zero-order chi connectivity index (χ0) is 8.65. The molecule has 1 unspecified atom stereocenters. The van der Waals surface area contributed by atoms with Crippen LogP contribution in [0.3, 0.4) is 0 Å². The summed E-state index contributed by atoms with van der Waals surface area (Å²) in [6, 6.07) is 0. The van der Waals surface area contributed by atoms with Gasteiger partial charge in [-0.05, 0) is 13.8 Å². The molecule has 11 heavy (non-hydrogen) atoms. The summed E-state index contributed by atoms with van der Waals surface area (Å²) >= 11 is 5.22. The van der Waals surface area contributed by atoms with Crippen LogP contribution in [0.25, 0.3) is 0 Å². The van der Waals surface area contributed by atoms with E-state index in [1.807, 2.05) is 0 Å². The Kier molecular flexibility index (Phi) is 2.10. The third kappa shape index (κ3) is 2.06. The summed E-state index contributed by atoms with van der Waals surface area (Å²) in [7, 11) is 0. The highest BCUT2D eigenvalue weighted by molar-refractivity contribution is 6.26. The number of hydrogen-bond donors (Lipinski definition) is 0. The Labute approximate surface area is 69.7 Å². The standard InChI is InChI=1S/C7H10ClFO2/c1-4(2)11-6(10)5-3-7(5,8)9/h4-5H,3H2,1-2H3/t5-,7?/m0/s1. The number of alkyl halides is 2. The largest absolute Gasteiger partial charge is 0.463 e. The molecule has 0 spiro atoms. The zero-order valence-corrected chi connectivity index (χ0v) is 7.19. The van der Waals surface area contributed by atoms with Crippen molar-refractivity contribution in [1.29, 1.82) is 0 Å². The lowest BCUT2D eigenvalue weighted by molar-refractivity contribution is -0.149. The first kappa shape index (κ1) is 8.78. The van der Waals surface area contributed by atoms with Crippen LogP contribution in [0.4, 0.5) is 4.39 Å². The summed E-state index contributed by atoms with van der Waals surface area (Å²) < 4.78 is 17.4. The summed E-state index contributed by atoms with van der Waals surface area (Å²) in [5.41, 5.74) is 0. The van der Waals surface area contributed by atoms with Crippen molar-refractivity contribution in [3.63, 3.8) is 0 Å². The van der Waals surface area contributed by atoms with Crippen LogP contribution in [0.1, 0.15) is 20.3 Å². The van der Waals surface area contributed by atoms with Crippen molar-refractivity contribution in [3.05, 3.63) is 0 Å². The molecule has 2 nitrogen and oxygen atoms in total. The number of rotatable bonds is 2. The SMILES string of the molecule is CC(C)OC(=O)[C@@H]1CC1(F)Cl. The minimum Gasteiger partial charge on any atom is -0.463 e. The predicted octanol–water partition coefficient (Wildman–Crippen LogP) is 1.86. The second-order valence-electron chi connectivity index (χ2n) is 3.00. The summed E-state index contributed by atoms with van der Waals surface area (Å²) in [5.74, 6) is -1.27. The van der Waals surface area contributed by atoms with Gasteiger partial charge in [-0.3, -0.25) is 4.79 Å². The molecule has 64 valence electrons. The van der Waals surface area contributed by atoms with Crippen LogP contribution in [-0.2, 0) is 9.53 Å². The van der Waals surface area contributed by atoms with E-state index in [0.29, 0.717) is 0 Å². The van der Waals surface area contributed by atoms with Crippen LogP contribution in [0, 0.1) is 5.92 Å². The zero-order valence-electron chi connectivity index (χ0n) is 6.43. The lowest BCUT2D eigenvalue weighted by Crippen LogP contribution is -2.15. The van der Waals surface area contributed by atoms with Gasteiger partial charge in [0.15, 0.2) is 5.13 Å². The molecule has 0 saturated heterocycles. The van der Waals surface area contributed by atoms with Crippen LogP contribution >= 0.6 is 11.6 Å². The molecule has 0 aromatic heterocycles. The smallest absolute Gasteiger partial charge is 0.313 e. The Morgan fingerprint density at radius 3 is 2.55 bits per heavy atom. The maximum Gasteiger partial charge on any atom is 0.313 e. The van der Waals surface area contributed by atoms with Gasteiger partial charge in [0.05, 0.1) is 6.10 Å². The molecule has 1 saturated carbocycles. The number of hydrogen-bond acceptors (Lipinski definition) is 2. The first-order chi connectivity index (χ1) is 4.93. The fraction of sp³-hybridized carbons (Fsp3) is 0.857. The van der Waals surface area contributed by atoms with Crippen molar-refractivity contribution in [1.82, 2.24) is 0 Å². The van der Waals surface area contributed by atoms with Crippen LogP contribution in [0.2, 0.25) is 0 Å². The van der Waals surface area contributed by atoms with Gasteiger partial charge in [0.1, 0.15) is 5.92 Å². The van der Waals surface area contributed by atoms with Crippen LogP contribution in [-0.4, -0.2) is 17.2 Å². The van der Waals surface area contributed by atoms with E-state index in [0.717, 1.165) is 0 Å². The third-order valence-electron chi connectivity index (χ3n) is 1.46. The van der Waals surface area contributed by atoms with E-state index < -0.39 is 17.0 Å². The molecule has 0 aromatic carbocycles. The van der Waals surface area contributed by atoms with Crippen molar-refractivity contribution in [2.75, 3.05) is 0 Å². The topological polar surface area (TPSA) is 26.3 Å². The molecular formula is C7H10ClFO2. The maximum atomic E-state index is 12.6. The molecular weight excluding hydrogens is 171 g/mol. The fourth-order valence-electron chi connectivity index (χ4n) is 0.783. The van der Waals surface area contributed by atoms with Gasteiger partial charge >= 0.3 is 5.97 Å². The van der Waals surface area contributed by atoms with Crippen LogP contribution in [0.15, 0.2) is 0 Å². The van der Waals surface area contributed by atoms with Crippen LogP contribution < -0.4 is 0 Å². The predicted molar refractivity (Wildman–Crippen MR) is 39.0 cm³/mol. The van der Waals surface area contributed by atoms with Gasteiger partial charge in [-0.25, -0.2) is 4.39 Å². The van der Waals surface area contributed by atoms with Crippen molar-refractivity contribution in [3.8, 4) is 0 Å². The number of esters is 1. The average Bonchev–Trinajstić information content (AvgIpc) is 2.38. The highest BCUT2D eigenvalue weighted by atomic mass is 35.5. The van der Waals surface area contributed by atoms with E-state index in [4.69, 9.17) is 16.3 Å². The molecule has 0 bridgehead atoms. The van der Waals surface area contributed by atoms with E-state index in [1.165, 1.54) is 0 Å². The van der Waals surface area contributed by atoms with E-state index >= 15 is 0 Å². The fourth-order valence-corrected chi connectivity index (χ4v) is 1.03. The highest BCUT2D eigenvalue weighted by Gasteiger charge is 2.60. The summed E-state index contributed by atoms with van der Waals surface area (Å²) in [4.78, 5) is 10.9. The van der Waals surface area contributed by atoms with Crippen molar-refractivity contribution < 1.29 is 13.9 Å². The Balaban J connectivity index is 2.34. The molecule has 1 rings (SSSR count). The van der Waals surface area contributed by atoms with Gasteiger partial charge in [-0.1, -0.05) is 11.6 Å². The van der Waals surface area contributed by atoms with Gasteiger partial charge in [0, 0.05) is 6.42 Å². The summed E-state index contributed by atoms with van der Waals surface area (Å²) in [5, 5.41) is -1.83. The quantitative estimate of drug-likeness (QED) is 0.479. The molecule has 1 aliphatic carbocycles. The molecule has 1 aliphatic rings. The lowest BCUT2D eigenvalue weighted by Gasteiger charge is -2.06. The minimum absolute atomic E-state index is 0.0834. The average molecular weight is 181 g/mol. The van der Waals surface area contributed by atoms with E-state index in [2.05, 4.69) is 0 Å². The number of ether oxygens (including phenoxy) is 1. The molecule has 4 heteroatoms. The third-order valence-corrected chi connectivity index (χ3v) is 1.88. The Morgan fingerprint density at radius 1 is 1.82 bits per heavy atom. The normalized spacial score (nSPS) is 35.5. The maximum absolute atomic E-state index is 12.6. The molecule has 0 aromatic rings. The summed E-state index contributed by atoms with van der Waals surface area (Å²) in [6.45, 7) is 3.43. The second-order valence-corrected chi connectivity index (χ2v) is 3.63. The second kappa shape index (κ2) is 2.63. The molecule has 0 N–H and O–H groups in total. The highest BCUT2D eigenvalue weighted by Crippen LogP contribution is 2.51. The first-order valence-corrected chi connectivity index (χ1v) is 3.89. The molecule has 0 radical (unpaired) electrons. The van der Waals surface area contributed by atoms with Gasteiger partial charge in [0.25, 0.3) is 0 Å². The van der Waals surface area contributed by atoms with Crippen molar-refractivity contribution >= 4 is 17.6 Å². The number of carbonyl (C=O) groups excluding carboxylic acids is 1. The van der Waals surface area contributed by atoms with Gasteiger partial charge < -0.3 is 4.74 Å². The van der Waals surface area contributed by atoms with Crippen molar-refractivity contribution in [2.45, 2.75) is 31.5 Å². The molecule has 0 heterocycles. The molecule has 0 amide bonds. The monoisotopic (exact) mass is 180 g/mol.